The van der Waals surface area contributed by atoms with Gasteiger partial charge in [0.1, 0.15) is 5.82 Å². The van der Waals surface area contributed by atoms with E-state index in [1.165, 1.54) is 6.07 Å². The van der Waals surface area contributed by atoms with Gasteiger partial charge in [0, 0.05) is 0 Å². The van der Waals surface area contributed by atoms with Gasteiger partial charge in [-0.15, -0.1) is 0 Å². The topological polar surface area (TPSA) is 66.6 Å². The van der Waals surface area contributed by atoms with Crippen molar-refractivity contribution in [2.45, 2.75) is 24.8 Å². The molecule has 0 bridgehead atoms. The SMILES string of the molecule is NC(=O)N(O)[C@H]1C[C@@H](c2ccccc2F)C1. The van der Waals surface area contributed by atoms with E-state index < -0.39 is 6.03 Å². The van der Waals surface area contributed by atoms with Crippen LogP contribution in [0.3, 0.4) is 0 Å². The molecule has 1 aromatic rings. The molecule has 0 aliphatic heterocycles. The average Bonchev–Trinajstić information content (AvgIpc) is 2.18. The second kappa shape index (κ2) is 4.09. The van der Waals surface area contributed by atoms with Crippen LogP contribution in [0.15, 0.2) is 24.3 Å². The molecule has 0 spiro atoms. The third kappa shape index (κ3) is 1.86. The van der Waals surface area contributed by atoms with Crippen LogP contribution in [0.2, 0.25) is 0 Å². The lowest BCUT2D eigenvalue weighted by molar-refractivity contribution is -0.102. The predicted octanol–water partition coefficient (Wildman–Crippen LogP) is 1.84. The number of hydrogen-bond donors (Lipinski definition) is 2. The number of nitrogens with two attached hydrogens (primary N) is 1. The summed E-state index contributed by atoms with van der Waals surface area (Å²) in [5.74, 6) is -0.185. The number of rotatable bonds is 2. The summed E-state index contributed by atoms with van der Waals surface area (Å²) in [6.45, 7) is 0. The summed E-state index contributed by atoms with van der Waals surface area (Å²) in [6, 6.07) is 5.39. The Kier molecular flexibility index (Phi) is 2.78. The second-order valence-electron chi connectivity index (χ2n) is 4.03. The lowest BCUT2D eigenvalue weighted by atomic mass is 9.75. The number of hydroxylamine groups is 2. The summed E-state index contributed by atoms with van der Waals surface area (Å²) >= 11 is 0. The smallest absolute Gasteiger partial charge is 0.338 e. The Morgan fingerprint density at radius 2 is 2.06 bits per heavy atom. The molecule has 86 valence electrons. The third-order valence-electron chi connectivity index (χ3n) is 3.03. The van der Waals surface area contributed by atoms with E-state index in [4.69, 9.17) is 5.73 Å². The van der Waals surface area contributed by atoms with Crippen molar-refractivity contribution < 1.29 is 14.4 Å². The Morgan fingerprint density at radius 3 is 2.62 bits per heavy atom. The van der Waals surface area contributed by atoms with Crippen LogP contribution in [0.5, 0.6) is 0 Å². The van der Waals surface area contributed by atoms with Crippen molar-refractivity contribution >= 4 is 6.03 Å². The van der Waals surface area contributed by atoms with E-state index in [-0.39, 0.29) is 17.8 Å². The monoisotopic (exact) mass is 224 g/mol. The molecule has 0 saturated heterocycles. The quantitative estimate of drug-likeness (QED) is 0.594. The summed E-state index contributed by atoms with van der Waals surface area (Å²) in [4.78, 5) is 10.7. The number of nitrogens with zero attached hydrogens (tertiary/aromatic N) is 1. The first-order valence-corrected chi connectivity index (χ1v) is 5.11. The highest BCUT2D eigenvalue weighted by Gasteiger charge is 2.36. The standard InChI is InChI=1S/C11H13FN2O2/c12-10-4-2-1-3-9(10)7-5-8(6-7)14(16)11(13)15/h1-4,7-8,16H,5-6H2,(H2,13,15)/t7-,8+. The molecule has 2 amide bonds. The average molecular weight is 224 g/mol. The summed E-state index contributed by atoms with van der Waals surface area (Å²) in [7, 11) is 0. The summed E-state index contributed by atoms with van der Waals surface area (Å²) in [5.41, 5.74) is 5.56. The molecule has 5 heteroatoms. The van der Waals surface area contributed by atoms with Crippen LogP contribution in [0.1, 0.15) is 24.3 Å². The highest BCUT2D eigenvalue weighted by Crippen LogP contribution is 2.40. The Balaban J connectivity index is 1.99. The van der Waals surface area contributed by atoms with Gasteiger partial charge in [-0.3, -0.25) is 5.21 Å². The van der Waals surface area contributed by atoms with Gasteiger partial charge in [0.15, 0.2) is 0 Å². The molecule has 3 N–H and O–H groups in total. The van der Waals surface area contributed by atoms with Crippen molar-refractivity contribution in [3.05, 3.63) is 35.6 Å². The van der Waals surface area contributed by atoms with Gasteiger partial charge in [-0.2, -0.15) is 0 Å². The van der Waals surface area contributed by atoms with Crippen molar-refractivity contribution in [2.75, 3.05) is 0 Å². The zero-order valence-electron chi connectivity index (χ0n) is 8.64. The van der Waals surface area contributed by atoms with E-state index in [0.717, 1.165) is 0 Å². The zero-order chi connectivity index (χ0) is 11.7. The van der Waals surface area contributed by atoms with Gasteiger partial charge in [0.25, 0.3) is 0 Å². The highest BCUT2D eigenvalue weighted by atomic mass is 19.1. The lowest BCUT2D eigenvalue weighted by Crippen LogP contribution is -2.47. The van der Waals surface area contributed by atoms with Gasteiger partial charge in [-0.25, -0.2) is 14.2 Å². The molecular formula is C11H13FN2O2. The summed E-state index contributed by atoms with van der Waals surface area (Å²) in [5, 5.41) is 9.77. The summed E-state index contributed by atoms with van der Waals surface area (Å²) in [6.07, 6.45) is 1.08. The third-order valence-corrected chi connectivity index (χ3v) is 3.03. The maximum absolute atomic E-state index is 13.4. The molecule has 0 aromatic heterocycles. The largest absolute Gasteiger partial charge is 0.350 e. The van der Waals surface area contributed by atoms with E-state index in [2.05, 4.69) is 0 Å². The van der Waals surface area contributed by atoms with Crippen LogP contribution in [0, 0.1) is 5.82 Å². The number of primary amides is 1. The molecule has 1 saturated carbocycles. The van der Waals surface area contributed by atoms with Gasteiger partial charge >= 0.3 is 6.03 Å². The molecule has 1 aliphatic carbocycles. The second-order valence-corrected chi connectivity index (χ2v) is 4.03. The minimum Gasteiger partial charge on any atom is -0.350 e. The van der Waals surface area contributed by atoms with Crippen molar-refractivity contribution in [1.82, 2.24) is 5.06 Å². The van der Waals surface area contributed by atoms with Gasteiger partial charge < -0.3 is 5.73 Å². The Bertz CT molecular complexity index is 405. The van der Waals surface area contributed by atoms with E-state index in [1.54, 1.807) is 18.2 Å². The van der Waals surface area contributed by atoms with Gasteiger partial charge in [-0.05, 0) is 30.4 Å². The Hall–Kier alpha value is -1.62. The van der Waals surface area contributed by atoms with Crippen LogP contribution >= 0.6 is 0 Å². The first-order valence-electron chi connectivity index (χ1n) is 5.11. The fraction of sp³-hybridized carbons (Fsp3) is 0.364. The molecule has 1 fully saturated rings. The molecule has 4 nitrogen and oxygen atoms in total. The minimum absolute atomic E-state index is 0.0557. The molecular weight excluding hydrogens is 211 g/mol. The predicted molar refractivity (Wildman–Crippen MR) is 55.4 cm³/mol. The molecule has 2 rings (SSSR count). The number of urea groups is 1. The first-order chi connectivity index (χ1) is 7.59. The van der Waals surface area contributed by atoms with E-state index >= 15 is 0 Å². The number of hydrogen-bond acceptors (Lipinski definition) is 2. The number of benzene rings is 1. The number of amides is 2. The molecule has 1 aliphatic rings. The van der Waals surface area contributed by atoms with Crippen molar-refractivity contribution in [3.8, 4) is 0 Å². The Morgan fingerprint density at radius 1 is 1.44 bits per heavy atom. The van der Waals surface area contributed by atoms with Crippen molar-refractivity contribution in [1.29, 1.82) is 0 Å². The zero-order valence-corrected chi connectivity index (χ0v) is 8.64. The molecule has 16 heavy (non-hydrogen) atoms. The molecule has 0 unspecified atom stereocenters. The van der Waals surface area contributed by atoms with Gasteiger partial charge in [0.2, 0.25) is 0 Å². The molecule has 0 heterocycles. The number of halogens is 1. The van der Waals surface area contributed by atoms with E-state index in [1.807, 2.05) is 0 Å². The fourth-order valence-electron chi connectivity index (χ4n) is 2.03. The normalized spacial score (nSPS) is 23.6. The Labute approximate surface area is 92.4 Å². The molecule has 1 aromatic carbocycles. The van der Waals surface area contributed by atoms with Gasteiger partial charge in [0.05, 0.1) is 6.04 Å². The van der Waals surface area contributed by atoms with Crippen LogP contribution in [-0.4, -0.2) is 22.3 Å². The van der Waals surface area contributed by atoms with Crippen LogP contribution in [-0.2, 0) is 0 Å². The maximum Gasteiger partial charge on any atom is 0.338 e. The minimum atomic E-state index is -0.864. The lowest BCUT2D eigenvalue weighted by Gasteiger charge is -2.39. The van der Waals surface area contributed by atoms with E-state index in [0.29, 0.717) is 23.5 Å². The molecule has 0 radical (unpaired) electrons. The molecule has 0 atom stereocenters. The first kappa shape index (κ1) is 10.9. The van der Waals surface area contributed by atoms with Crippen molar-refractivity contribution in [3.63, 3.8) is 0 Å². The highest BCUT2D eigenvalue weighted by molar-refractivity contribution is 5.71. The fourth-order valence-corrected chi connectivity index (χ4v) is 2.03. The van der Waals surface area contributed by atoms with Crippen LogP contribution in [0.25, 0.3) is 0 Å². The maximum atomic E-state index is 13.4. The van der Waals surface area contributed by atoms with E-state index in [9.17, 15) is 14.4 Å². The van der Waals surface area contributed by atoms with Crippen LogP contribution < -0.4 is 5.73 Å². The summed E-state index contributed by atoms with van der Waals surface area (Å²) < 4.78 is 13.4. The van der Waals surface area contributed by atoms with Gasteiger partial charge in [-0.1, -0.05) is 18.2 Å². The number of carbonyl (C=O) groups is 1. The van der Waals surface area contributed by atoms with Crippen molar-refractivity contribution in [2.24, 2.45) is 5.73 Å². The van der Waals surface area contributed by atoms with Crippen LogP contribution in [0.4, 0.5) is 9.18 Å². The number of carbonyl (C=O) groups excluding carboxylic acids is 1.